The first-order chi connectivity index (χ1) is 13.5. The lowest BCUT2D eigenvalue weighted by Crippen LogP contribution is -2.22. The molecule has 1 fully saturated rings. The van der Waals surface area contributed by atoms with Crippen molar-refractivity contribution in [2.24, 2.45) is 22.4 Å². The van der Waals surface area contributed by atoms with E-state index in [1.807, 2.05) is 0 Å². The summed E-state index contributed by atoms with van der Waals surface area (Å²) >= 11 is 0. The Kier molecular flexibility index (Phi) is 6.41. The molecule has 0 radical (unpaired) electrons. The second-order valence-corrected chi connectivity index (χ2v) is 6.68. The van der Waals surface area contributed by atoms with E-state index in [2.05, 4.69) is 30.6 Å². The van der Waals surface area contributed by atoms with E-state index in [1.54, 1.807) is 6.07 Å². The molecule has 1 heterocycles. The zero-order chi connectivity index (χ0) is 19.9. The molecular formula is C18H25FN8O. The van der Waals surface area contributed by atoms with Crippen LogP contribution in [0.5, 0.6) is 5.75 Å². The number of nitrogens with two attached hydrogens (primary N) is 2. The van der Waals surface area contributed by atoms with Gasteiger partial charge in [-0.05, 0) is 30.9 Å². The predicted octanol–water partition coefficient (Wildman–Crippen LogP) is 2.66. The molecule has 6 N–H and O–H groups in total. The number of anilines is 3. The number of methoxy groups -OCH3 is 1. The molecule has 0 unspecified atom stereocenters. The van der Waals surface area contributed by atoms with Crippen LogP contribution in [0, 0.1) is 11.7 Å². The Labute approximate surface area is 162 Å². The van der Waals surface area contributed by atoms with Crippen LogP contribution in [-0.2, 0) is 0 Å². The largest absolute Gasteiger partial charge is 0.494 e. The van der Waals surface area contributed by atoms with Crippen LogP contribution in [-0.4, -0.2) is 34.6 Å². The minimum atomic E-state index is -0.498. The number of nitrogens with one attached hydrogen (secondary N) is 2. The molecule has 0 saturated heterocycles. The van der Waals surface area contributed by atoms with Gasteiger partial charge in [0.25, 0.3) is 5.95 Å². The summed E-state index contributed by atoms with van der Waals surface area (Å²) in [7, 11) is 1.41. The molecule has 1 saturated carbocycles. The Morgan fingerprint density at radius 2 is 1.93 bits per heavy atom. The van der Waals surface area contributed by atoms with Gasteiger partial charge in [0.15, 0.2) is 17.5 Å². The Balaban J connectivity index is 1.78. The third kappa shape index (κ3) is 5.41. The van der Waals surface area contributed by atoms with E-state index < -0.39 is 5.82 Å². The zero-order valence-corrected chi connectivity index (χ0v) is 15.8. The second kappa shape index (κ2) is 9.16. The summed E-state index contributed by atoms with van der Waals surface area (Å²) in [6.45, 7) is 0.766. The average Bonchev–Trinajstić information content (AvgIpc) is 2.67. The maximum atomic E-state index is 13.9. The lowest BCUT2D eigenvalue weighted by Gasteiger charge is -2.21. The fourth-order valence-electron chi connectivity index (χ4n) is 3.17. The van der Waals surface area contributed by atoms with Gasteiger partial charge in [-0.1, -0.05) is 19.3 Å². The van der Waals surface area contributed by atoms with Gasteiger partial charge in [0, 0.05) is 18.3 Å². The van der Waals surface area contributed by atoms with E-state index in [4.69, 9.17) is 16.2 Å². The Hall–Kier alpha value is -3.17. The van der Waals surface area contributed by atoms with E-state index in [0.29, 0.717) is 17.6 Å². The fourth-order valence-corrected chi connectivity index (χ4v) is 3.17. The van der Waals surface area contributed by atoms with Crippen LogP contribution >= 0.6 is 0 Å². The fraction of sp³-hybridized carbons (Fsp3) is 0.444. The number of aromatic nitrogens is 3. The number of aliphatic imine (C=N–C) groups is 1. The molecule has 2 aromatic rings. The molecule has 0 bridgehead atoms. The van der Waals surface area contributed by atoms with Crippen LogP contribution < -0.4 is 26.8 Å². The maximum absolute atomic E-state index is 13.9. The van der Waals surface area contributed by atoms with Crippen molar-refractivity contribution in [3.63, 3.8) is 0 Å². The van der Waals surface area contributed by atoms with Gasteiger partial charge in [-0.2, -0.15) is 19.9 Å². The number of nitrogens with zero attached hydrogens (tertiary/aromatic N) is 4. The zero-order valence-electron chi connectivity index (χ0n) is 15.8. The first kappa shape index (κ1) is 19.6. The van der Waals surface area contributed by atoms with E-state index in [-0.39, 0.29) is 23.6 Å². The quantitative estimate of drug-likeness (QED) is 0.420. The number of hydrogen-bond acceptors (Lipinski definition) is 7. The molecule has 0 aliphatic heterocycles. The van der Waals surface area contributed by atoms with Gasteiger partial charge >= 0.3 is 0 Å². The minimum absolute atomic E-state index is 0.0672. The molecule has 0 amide bonds. The van der Waals surface area contributed by atoms with Gasteiger partial charge in [-0.25, -0.2) is 4.39 Å². The molecule has 1 aromatic heterocycles. The smallest absolute Gasteiger partial charge is 0.259 e. The lowest BCUT2D eigenvalue weighted by molar-refractivity contribution is 0.373. The van der Waals surface area contributed by atoms with Gasteiger partial charge < -0.3 is 26.8 Å². The van der Waals surface area contributed by atoms with Gasteiger partial charge in [0.2, 0.25) is 11.9 Å². The predicted molar refractivity (Wildman–Crippen MR) is 107 cm³/mol. The molecule has 28 heavy (non-hydrogen) atoms. The van der Waals surface area contributed by atoms with E-state index in [0.717, 1.165) is 6.54 Å². The number of ether oxygens (including phenoxy) is 1. The molecule has 1 aliphatic rings. The molecule has 1 aliphatic carbocycles. The van der Waals surface area contributed by atoms with Crippen molar-refractivity contribution in [2.75, 3.05) is 24.3 Å². The average molecular weight is 388 g/mol. The van der Waals surface area contributed by atoms with Crippen LogP contribution in [0.15, 0.2) is 23.2 Å². The number of hydrogen-bond donors (Lipinski definition) is 4. The van der Waals surface area contributed by atoms with Crippen molar-refractivity contribution in [2.45, 2.75) is 32.1 Å². The second-order valence-electron chi connectivity index (χ2n) is 6.68. The summed E-state index contributed by atoms with van der Waals surface area (Å²) in [4.78, 5) is 16.6. The first-order valence-corrected chi connectivity index (χ1v) is 9.23. The number of guanidine groups is 1. The first-order valence-electron chi connectivity index (χ1n) is 9.23. The third-order valence-electron chi connectivity index (χ3n) is 4.53. The molecule has 150 valence electrons. The van der Waals surface area contributed by atoms with Crippen molar-refractivity contribution in [3.8, 4) is 5.75 Å². The summed E-state index contributed by atoms with van der Waals surface area (Å²) in [5.41, 5.74) is 11.3. The molecular weight excluding hydrogens is 363 g/mol. The van der Waals surface area contributed by atoms with Gasteiger partial charge in [-0.3, -0.25) is 0 Å². The van der Waals surface area contributed by atoms with Crippen molar-refractivity contribution < 1.29 is 9.13 Å². The summed E-state index contributed by atoms with van der Waals surface area (Å²) in [6.07, 6.45) is 6.17. The number of halogens is 1. The molecule has 9 nitrogen and oxygen atoms in total. The summed E-state index contributed by atoms with van der Waals surface area (Å²) in [5.74, 6) is 0.703. The topological polar surface area (TPSA) is 136 Å². The monoisotopic (exact) mass is 388 g/mol. The van der Waals surface area contributed by atoms with E-state index >= 15 is 0 Å². The molecule has 1 aromatic carbocycles. The van der Waals surface area contributed by atoms with Crippen LogP contribution in [0.1, 0.15) is 32.1 Å². The Morgan fingerprint density at radius 1 is 1.18 bits per heavy atom. The van der Waals surface area contributed by atoms with Crippen LogP contribution in [0.4, 0.5) is 27.9 Å². The van der Waals surface area contributed by atoms with Crippen molar-refractivity contribution in [3.05, 3.63) is 24.0 Å². The maximum Gasteiger partial charge on any atom is 0.259 e. The highest BCUT2D eigenvalue weighted by atomic mass is 19.1. The van der Waals surface area contributed by atoms with Gasteiger partial charge in [0.1, 0.15) is 0 Å². The lowest BCUT2D eigenvalue weighted by atomic mass is 9.89. The molecule has 3 rings (SSSR count). The normalized spacial score (nSPS) is 14.4. The number of benzene rings is 1. The van der Waals surface area contributed by atoms with Gasteiger partial charge in [0.05, 0.1) is 7.11 Å². The Bertz CT molecular complexity index is 834. The molecule has 0 spiro atoms. The Morgan fingerprint density at radius 3 is 2.61 bits per heavy atom. The molecule has 0 atom stereocenters. The number of rotatable bonds is 7. The van der Waals surface area contributed by atoms with Crippen LogP contribution in [0.2, 0.25) is 0 Å². The van der Waals surface area contributed by atoms with E-state index in [9.17, 15) is 4.39 Å². The van der Waals surface area contributed by atoms with Crippen molar-refractivity contribution in [1.82, 2.24) is 15.0 Å². The summed E-state index contributed by atoms with van der Waals surface area (Å²) in [6, 6.07) is 4.46. The molecule has 10 heteroatoms. The summed E-state index contributed by atoms with van der Waals surface area (Å²) in [5, 5.41) is 6.18. The van der Waals surface area contributed by atoms with E-state index in [1.165, 1.54) is 51.3 Å². The highest BCUT2D eigenvalue weighted by Crippen LogP contribution is 2.25. The van der Waals surface area contributed by atoms with Crippen molar-refractivity contribution >= 4 is 29.5 Å². The third-order valence-corrected chi connectivity index (χ3v) is 4.53. The summed E-state index contributed by atoms with van der Waals surface area (Å²) < 4.78 is 18.8. The highest BCUT2D eigenvalue weighted by molar-refractivity contribution is 5.78. The minimum Gasteiger partial charge on any atom is -0.494 e. The van der Waals surface area contributed by atoms with Gasteiger partial charge in [-0.15, -0.1) is 0 Å². The van der Waals surface area contributed by atoms with Crippen LogP contribution in [0.3, 0.4) is 0 Å². The highest BCUT2D eigenvalue weighted by Gasteiger charge is 2.15. The SMILES string of the molecule is COc1ccc(Nc2nc(N=C(N)N)nc(NCC3CCCCC3)n2)cc1F. The van der Waals surface area contributed by atoms with Crippen molar-refractivity contribution in [1.29, 1.82) is 0 Å². The van der Waals surface area contributed by atoms with Crippen LogP contribution in [0.25, 0.3) is 0 Å². The standard InChI is InChI=1S/C18H25FN8O/c1-28-14-8-7-12(9-13(14)19)23-17-25-16(26-18(27-17)24-15(20)21)22-10-11-5-3-2-4-6-11/h7-9,11H,2-6,10H2,1H3,(H6,20,21,22,23,24,25,26,27).